The number of ketones is 2. The molecule has 1 saturated heterocycles. The second-order valence-corrected chi connectivity index (χ2v) is 7.99. The molecule has 9 heteroatoms. The molecule has 4 rings (SSSR count). The zero-order valence-electron chi connectivity index (χ0n) is 17.8. The SMILES string of the molecule is NCC(=O)c1ccc(F)c2c(C(=O)C(=O)NCC3CCN(C(=O)c4ccccc4)C3)c[nH]c12. The Morgan fingerprint density at radius 1 is 1.09 bits per heavy atom. The molecule has 2 heterocycles. The van der Waals surface area contributed by atoms with Crippen LogP contribution in [0.3, 0.4) is 0 Å². The summed E-state index contributed by atoms with van der Waals surface area (Å²) >= 11 is 0. The van der Waals surface area contributed by atoms with Crippen LogP contribution in [0.1, 0.15) is 37.5 Å². The zero-order chi connectivity index (χ0) is 23.5. The van der Waals surface area contributed by atoms with Gasteiger partial charge < -0.3 is 20.9 Å². The normalized spacial score (nSPS) is 15.6. The van der Waals surface area contributed by atoms with Gasteiger partial charge in [0, 0.05) is 42.3 Å². The maximum atomic E-state index is 14.5. The average molecular weight is 450 g/mol. The van der Waals surface area contributed by atoms with Crippen molar-refractivity contribution in [3.8, 4) is 0 Å². The molecule has 1 aliphatic rings. The molecule has 1 fully saturated rings. The van der Waals surface area contributed by atoms with Crippen LogP contribution in [-0.2, 0) is 4.79 Å². The van der Waals surface area contributed by atoms with Crippen LogP contribution in [0.5, 0.6) is 0 Å². The van der Waals surface area contributed by atoms with Crippen molar-refractivity contribution in [2.45, 2.75) is 6.42 Å². The Hall–Kier alpha value is -3.85. The predicted molar refractivity (Wildman–Crippen MR) is 119 cm³/mol. The van der Waals surface area contributed by atoms with E-state index < -0.39 is 23.3 Å². The molecule has 4 N–H and O–H groups in total. The highest BCUT2D eigenvalue weighted by molar-refractivity contribution is 6.45. The fourth-order valence-electron chi connectivity index (χ4n) is 4.12. The number of rotatable bonds is 7. The summed E-state index contributed by atoms with van der Waals surface area (Å²) in [7, 11) is 0. The summed E-state index contributed by atoms with van der Waals surface area (Å²) in [6, 6.07) is 11.3. The molecule has 1 atom stereocenters. The number of carbonyl (C=O) groups excluding carboxylic acids is 4. The Bertz CT molecular complexity index is 1240. The van der Waals surface area contributed by atoms with E-state index in [-0.39, 0.29) is 46.9 Å². The first kappa shape index (κ1) is 22.3. The number of fused-ring (bicyclic) bond motifs is 1. The van der Waals surface area contributed by atoms with E-state index in [1.807, 2.05) is 6.07 Å². The maximum Gasteiger partial charge on any atom is 0.292 e. The third-order valence-electron chi connectivity index (χ3n) is 5.87. The number of amides is 2. The quantitative estimate of drug-likeness (QED) is 0.375. The average Bonchev–Trinajstić information content (AvgIpc) is 3.50. The minimum absolute atomic E-state index is 0.00268. The first-order chi connectivity index (χ1) is 15.9. The number of hydrogen-bond donors (Lipinski definition) is 3. The highest BCUT2D eigenvalue weighted by Gasteiger charge is 2.29. The number of Topliss-reactive ketones (excluding diaryl/α,β-unsaturated/α-hetero) is 2. The molecule has 1 unspecified atom stereocenters. The van der Waals surface area contributed by atoms with Gasteiger partial charge in [-0.15, -0.1) is 0 Å². The van der Waals surface area contributed by atoms with Gasteiger partial charge in [0.2, 0.25) is 0 Å². The van der Waals surface area contributed by atoms with Crippen molar-refractivity contribution >= 4 is 34.3 Å². The number of nitrogens with two attached hydrogens (primary N) is 1. The Labute approximate surface area is 188 Å². The zero-order valence-corrected chi connectivity index (χ0v) is 17.8. The Kier molecular flexibility index (Phi) is 6.32. The molecule has 8 nitrogen and oxygen atoms in total. The monoisotopic (exact) mass is 450 g/mol. The number of hydrogen-bond acceptors (Lipinski definition) is 5. The van der Waals surface area contributed by atoms with Gasteiger partial charge in [-0.2, -0.15) is 0 Å². The number of nitrogens with zero attached hydrogens (tertiary/aromatic N) is 1. The Morgan fingerprint density at radius 2 is 1.85 bits per heavy atom. The van der Waals surface area contributed by atoms with Gasteiger partial charge in [-0.25, -0.2) is 4.39 Å². The van der Waals surface area contributed by atoms with Gasteiger partial charge in [-0.1, -0.05) is 18.2 Å². The first-order valence-electron chi connectivity index (χ1n) is 10.6. The molecular weight excluding hydrogens is 427 g/mol. The number of H-pyrrole nitrogens is 1. The van der Waals surface area contributed by atoms with E-state index in [2.05, 4.69) is 10.3 Å². The number of halogens is 1. The minimum Gasteiger partial charge on any atom is -0.360 e. The van der Waals surface area contributed by atoms with E-state index in [4.69, 9.17) is 5.73 Å². The van der Waals surface area contributed by atoms with Crippen molar-refractivity contribution < 1.29 is 23.6 Å². The molecular formula is C24H23FN4O4. The van der Waals surface area contributed by atoms with Crippen LogP contribution >= 0.6 is 0 Å². The topological polar surface area (TPSA) is 125 Å². The molecule has 3 aromatic rings. The second-order valence-electron chi connectivity index (χ2n) is 7.99. The Morgan fingerprint density at radius 3 is 2.58 bits per heavy atom. The molecule has 170 valence electrons. The maximum absolute atomic E-state index is 14.5. The molecule has 0 bridgehead atoms. The van der Waals surface area contributed by atoms with Crippen LogP contribution in [0.2, 0.25) is 0 Å². The predicted octanol–water partition coefficient (Wildman–Crippen LogP) is 1.91. The van der Waals surface area contributed by atoms with Crippen LogP contribution in [0.15, 0.2) is 48.7 Å². The van der Waals surface area contributed by atoms with Gasteiger partial charge in [-0.05, 0) is 36.6 Å². The number of aromatic nitrogens is 1. The van der Waals surface area contributed by atoms with E-state index in [1.54, 1.807) is 29.2 Å². The van der Waals surface area contributed by atoms with Crippen molar-refractivity contribution in [1.29, 1.82) is 0 Å². The summed E-state index contributed by atoms with van der Waals surface area (Å²) in [4.78, 5) is 54.2. The largest absolute Gasteiger partial charge is 0.360 e. The summed E-state index contributed by atoms with van der Waals surface area (Å²) in [6.45, 7) is 0.974. The van der Waals surface area contributed by atoms with Gasteiger partial charge in [0.05, 0.1) is 17.6 Å². The Balaban J connectivity index is 1.41. The van der Waals surface area contributed by atoms with Crippen molar-refractivity contribution in [2.75, 3.05) is 26.2 Å². The van der Waals surface area contributed by atoms with Gasteiger partial charge >= 0.3 is 0 Å². The fraction of sp³-hybridized carbons (Fsp3) is 0.250. The van der Waals surface area contributed by atoms with E-state index in [1.165, 1.54) is 12.3 Å². The highest BCUT2D eigenvalue weighted by atomic mass is 19.1. The molecule has 0 radical (unpaired) electrons. The lowest BCUT2D eigenvalue weighted by Crippen LogP contribution is -2.36. The van der Waals surface area contributed by atoms with E-state index in [0.717, 1.165) is 6.07 Å². The van der Waals surface area contributed by atoms with E-state index in [0.29, 0.717) is 25.1 Å². The highest BCUT2D eigenvalue weighted by Crippen LogP contribution is 2.26. The number of aromatic amines is 1. The van der Waals surface area contributed by atoms with Gasteiger partial charge in [0.15, 0.2) is 5.78 Å². The van der Waals surface area contributed by atoms with Gasteiger partial charge in [0.25, 0.3) is 17.6 Å². The van der Waals surface area contributed by atoms with Crippen LogP contribution in [0.25, 0.3) is 10.9 Å². The van der Waals surface area contributed by atoms with Crippen molar-refractivity contribution in [1.82, 2.24) is 15.2 Å². The molecule has 2 aromatic carbocycles. The van der Waals surface area contributed by atoms with Crippen molar-refractivity contribution in [3.05, 3.63) is 71.2 Å². The van der Waals surface area contributed by atoms with Crippen LogP contribution in [0.4, 0.5) is 4.39 Å². The van der Waals surface area contributed by atoms with Crippen LogP contribution in [-0.4, -0.2) is 59.4 Å². The third-order valence-corrected chi connectivity index (χ3v) is 5.87. The second kappa shape index (κ2) is 9.33. The van der Waals surface area contributed by atoms with Gasteiger partial charge in [0.1, 0.15) is 5.82 Å². The number of carbonyl (C=O) groups is 4. The minimum atomic E-state index is -0.910. The lowest BCUT2D eigenvalue weighted by atomic mass is 10.0. The first-order valence-corrected chi connectivity index (χ1v) is 10.6. The van der Waals surface area contributed by atoms with Crippen LogP contribution < -0.4 is 11.1 Å². The third kappa shape index (κ3) is 4.40. The molecule has 0 spiro atoms. The molecule has 1 aromatic heterocycles. The molecule has 1 aliphatic heterocycles. The van der Waals surface area contributed by atoms with Crippen LogP contribution in [0, 0.1) is 11.7 Å². The lowest BCUT2D eigenvalue weighted by molar-refractivity contribution is -0.117. The van der Waals surface area contributed by atoms with E-state index >= 15 is 0 Å². The van der Waals surface area contributed by atoms with Gasteiger partial charge in [-0.3, -0.25) is 19.2 Å². The molecule has 2 amide bonds. The summed E-state index contributed by atoms with van der Waals surface area (Å²) in [5.74, 6) is -2.99. The molecule has 33 heavy (non-hydrogen) atoms. The summed E-state index contributed by atoms with van der Waals surface area (Å²) in [5.41, 5.74) is 6.13. The standard InChI is InChI=1S/C24H23FN4O4/c25-18-7-6-16(19(30)10-26)21-20(18)17(12-27-21)22(31)23(32)28-11-14-8-9-29(13-14)24(33)15-4-2-1-3-5-15/h1-7,12,14,27H,8-11,13,26H2,(H,28,32). The smallest absolute Gasteiger partial charge is 0.292 e. The summed E-state index contributed by atoms with van der Waals surface area (Å²) < 4.78 is 14.5. The number of nitrogens with one attached hydrogen (secondary N) is 2. The number of likely N-dealkylation sites (tertiary alicyclic amines) is 1. The molecule has 0 saturated carbocycles. The van der Waals surface area contributed by atoms with Crippen molar-refractivity contribution in [2.24, 2.45) is 11.7 Å². The summed E-state index contributed by atoms with van der Waals surface area (Å²) in [6.07, 6.45) is 1.91. The molecule has 0 aliphatic carbocycles. The fourth-order valence-corrected chi connectivity index (χ4v) is 4.12. The summed E-state index contributed by atoms with van der Waals surface area (Å²) in [5, 5.41) is 2.48. The van der Waals surface area contributed by atoms with E-state index in [9.17, 15) is 23.6 Å². The lowest BCUT2D eigenvalue weighted by Gasteiger charge is -2.16. The number of benzene rings is 2. The van der Waals surface area contributed by atoms with Crippen molar-refractivity contribution in [3.63, 3.8) is 0 Å².